The summed E-state index contributed by atoms with van der Waals surface area (Å²) in [5.41, 5.74) is 13.5. The zero-order valence-corrected chi connectivity index (χ0v) is 36.1. The number of fused-ring (bicyclic) bond motifs is 1. The topological polar surface area (TPSA) is 50.9 Å². The predicted molar refractivity (Wildman–Crippen MR) is 220 cm³/mol. The van der Waals surface area contributed by atoms with Crippen LogP contribution < -0.4 is 0 Å². The molecule has 5 heteroatoms. The largest absolute Gasteiger partial charge is 0.507 e. The molecule has 0 aliphatic rings. The summed E-state index contributed by atoms with van der Waals surface area (Å²) in [4.78, 5) is 10.4. The van der Waals surface area contributed by atoms with E-state index in [0.717, 1.165) is 44.9 Å². The first-order valence-corrected chi connectivity index (χ1v) is 18.8. The molecule has 1 N–H and O–H groups in total. The van der Waals surface area contributed by atoms with Crippen molar-refractivity contribution in [1.82, 2.24) is 14.5 Å². The van der Waals surface area contributed by atoms with Crippen LogP contribution in [0.3, 0.4) is 0 Å². The van der Waals surface area contributed by atoms with Crippen LogP contribution >= 0.6 is 0 Å². The van der Waals surface area contributed by atoms with Crippen molar-refractivity contribution >= 4 is 11.0 Å². The van der Waals surface area contributed by atoms with Crippen molar-refractivity contribution in [2.75, 3.05) is 0 Å². The number of aromatic nitrogens is 3. The SMILES string of the molecule is CC(C)c1cccc(C(C)C)c1-n1c(-c2ccccc2O)nc2c(-c3[c-]c(-c4cc(C(C)(C)C)ccn4)c(C(C)(C)C)cc3)cc(C(C)(C)C)cc21.[Pt]. The van der Waals surface area contributed by atoms with E-state index >= 15 is 0 Å². The van der Waals surface area contributed by atoms with Gasteiger partial charge in [0.05, 0.1) is 22.3 Å². The fraction of sp³-hybridized carbons (Fsp3) is 0.375. The number of imidazole rings is 1. The van der Waals surface area contributed by atoms with Gasteiger partial charge in [-0.1, -0.05) is 144 Å². The first kappa shape index (κ1) is 40.2. The van der Waals surface area contributed by atoms with E-state index in [1.165, 1.54) is 27.8 Å². The maximum absolute atomic E-state index is 11.4. The van der Waals surface area contributed by atoms with Gasteiger partial charge in [0, 0.05) is 33.0 Å². The number of para-hydroxylation sites is 2. The Hall–Kier alpha value is -4.01. The summed E-state index contributed by atoms with van der Waals surface area (Å²) in [5.74, 6) is 1.47. The van der Waals surface area contributed by atoms with Gasteiger partial charge in [0.25, 0.3) is 0 Å². The maximum atomic E-state index is 11.4. The van der Waals surface area contributed by atoms with E-state index < -0.39 is 0 Å². The smallest absolute Gasteiger partial charge is 0.148 e. The van der Waals surface area contributed by atoms with E-state index in [-0.39, 0.29) is 54.9 Å². The van der Waals surface area contributed by atoms with E-state index in [2.05, 4.69) is 155 Å². The number of hydrogen-bond acceptors (Lipinski definition) is 3. The molecular weight excluding hydrogens is 830 g/mol. The molecule has 0 amide bonds. The minimum absolute atomic E-state index is 0. The van der Waals surface area contributed by atoms with Gasteiger partial charge in [-0.2, -0.15) is 0 Å². The molecule has 0 aliphatic heterocycles. The Morgan fingerprint density at radius 2 is 1.28 bits per heavy atom. The molecule has 0 aliphatic carbocycles. The standard InChI is InChI=1S/C48H56N3O.Pt/c1-29(2)34-18-16-19-35(30(3)4)44(34)51-41-28-33(47(8,9)10)26-37(43(41)50-45(51)36-17-14-15-20-42(36)52)31-21-22-39(48(11,12)13)38(25-31)40-27-32(23-24-49-40)46(5,6)7;/h14-24,26-30,52H,1-13H3;/q-1;. The van der Waals surface area contributed by atoms with Gasteiger partial charge in [0.15, 0.2) is 0 Å². The molecule has 0 bridgehead atoms. The predicted octanol–water partition coefficient (Wildman–Crippen LogP) is 13.1. The van der Waals surface area contributed by atoms with Gasteiger partial charge in [-0.3, -0.25) is 9.55 Å². The van der Waals surface area contributed by atoms with Crippen LogP contribution in [0, 0.1) is 6.07 Å². The van der Waals surface area contributed by atoms with Gasteiger partial charge in [-0.25, -0.2) is 4.98 Å². The fourth-order valence-corrected chi connectivity index (χ4v) is 7.17. The van der Waals surface area contributed by atoms with E-state index in [1.54, 1.807) is 6.07 Å². The van der Waals surface area contributed by atoms with E-state index in [4.69, 9.17) is 9.97 Å². The Labute approximate surface area is 332 Å². The molecule has 0 saturated heterocycles. The molecule has 2 aromatic heterocycles. The van der Waals surface area contributed by atoms with E-state index in [1.807, 2.05) is 24.4 Å². The van der Waals surface area contributed by atoms with E-state index in [0.29, 0.717) is 5.56 Å². The van der Waals surface area contributed by atoms with Crippen LogP contribution in [0.5, 0.6) is 5.75 Å². The molecule has 0 spiro atoms. The minimum atomic E-state index is -0.150. The van der Waals surface area contributed by atoms with Crippen LogP contribution in [-0.2, 0) is 37.3 Å². The van der Waals surface area contributed by atoms with Crippen molar-refractivity contribution in [2.45, 2.75) is 118 Å². The number of hydrogen-bond donors (Lipinski definition) is 1. The first-order valence-electron chi connectivity index (χ1n) is 18.8. The van der Waals surface area contributed by atoms with Crippen LogP contribution in [0.4, 0.5) is 0 Å². The van der Waals surface area contributed by atoms with Crippen molar-refractivity contribution in [1.29, 1.82) is 0 Å². The third-order valence-corrected chi connectivity index (χ3v) is 10.3. The summed E-state index contributed by atoms with van der Waals surface area (Å²) >= 11 is 0. The Morgan fingerprint density at radius 1 is 0.660 bits per heavy atom. The Kier molecular flexibility index (Phi) is 11.1. The zero-order chi connectivity index (χ0) is 37.9. The number of phenols is 1. The second-order valence-corrected chi connectivity index (χ2v) is 18.1. The molecule has 4 aromatic carbocycles. The Bertz CT molecular complexity index is 2250. The minimum Gasteiger partial charge on any atom is -0.507 e. The van der Waals surface area contributed by atoms with Crippen molar-refractivity contribution in [3.63, 3.8) is 0 Å². The molecule has 0 fully saturated rings. The van der Waals surface area contributed by atoms with Gasteiger partial charge >= 0.3 is 0 Å². The Morgan fingerprint density at radius 3 is 1.85 bits per heavy atom. The molecule has 53 heavy (non-hydrogen) atoms. The van der Waals surface area contributed by atoms with Crippen LogP contribution in [-0.4, -0.2) is 19.6 Å². The monoisotopic (exact) mass is 885 g/mol. The second kappa shape index (κ2) is 14.7. The van der Waals surface area contributed by atoms with Gasteiger partial charge in [0.2, 0.25) is 0 Å². The summed E-state index contributed by atoms with van der Waals surface area (Å²) < 4.78 is 2.33. The molecular formula is C48H56N3OPt-. The molecule has 6 aromatic rings. The van der Waals surface area contributed by atoms with Gasteiger partial charge in [0.1, 0.15) is 11.6 Å². The van der Waals surface area contributed by atoms with E-state index in [9.17, 15) is 5.11 Å². The fourth-order valence-electron chi connectivity index (χ4n) is 7.17. The third-order valence-electron chi connectivity index (χ3n) is 10.3. The number of benzene rings is 4. The summed E-state index contributed by atoms with van der Waals surface area (Å²) in [7, 11) is 0. The van der Waals surface area contributed by atoms with Crippen LogP contribution in [0.2, 0.25) is 0 Å². The average molecular weight is 886 g/mol. The number of aromatic hydroxyl groups is 1. The molecule has 2 heterocycles. The maximum Gasteiger partial charge on any atom is 0.148 e. The van der Waals surface area contributed by atoms with Crippen molar-refractivity contribution < 1.29 is 26.2 Å². The molecule has 280 valence electrons. The third kappa shape index (κ3) is 7.81. The second-order valence-electron chi connectivity index (χ2n) is 18.1. The summed E-state index contributed by atoms with van der Waals surface area (Å²) in [5, 5.41) is 11.4. The zero-order valence-electron chi connectivity index (χ0n) is 33.8. The molecule has 0 atom stereocenters. The number of nitrogens with zero attached hydrogens (tertiary/aromatic N) is 3. The van der Waals surface area contributed by atoms with Crippen molar-refractivity contribution in [2.24, 2.45) is 0 Å². The Balaban J connectivity index is 0.00000541. The molecule has 4 nitrogen and oxygen atoms in total. The van der Waals surface area contributed by atoms with Crippen LogP contribution in [0.1, 0.15) is 130 Å². The molecule has 0 radical (unpaired) electrons. The molecule has 0 saturated carbocycles. The summed E-state index contributed by atoms with van der Waals surface area (Å²) in [6.07, 6.45) is 1.93. The van der Waals surface area contributed by atoms with Crippen molar-refractivity contribution in [3.8, 4) is 45.2 Å². The summed E-state index contributed by atoms with van der Waals surface area (Å²) in [6, 6.07) is 31.6. The average Bonchev–Trinajstić information content (AvgIpc) is 3.45. The summed E-state index contributed by atoms with van der Waals surface area (Å²) in [6.45, 7) is 29.3. The normalized spacial score (nSPS) is 12.5. The van der Waals surface area contributed by atoms with Gasteiger partial charge in [-0.05, 0) is 74.6 Å². The molecule has 6 rings (SSSR count). The quantitative estimate of drug-likeness (QED) is 0.170. The van der Waals surface area contributed by atoms with Crippen LogP contribution in [0.25, 0.3) is 50.5 Å². The number of rotatable bonds is 6. The number of phenolic OH excluding ortho intramolecular Hbond substituents is 1. The van der Waals surface area contributed by atoms with Gasteiger partial charge < -0.3 is 5.11 Å². The first-order chi connectivity index (χ1) is 24.3. The van der Waals surface area contributed by atoms with Crippen molar-refractivity contribution in [3.05, 3.63) is 119 Å². The number of pyridine rings is 1. The van der Waals surface area contributed by atoms with Crippen LogP contribution in [0.15, 0.2) is 85.1 Å². The molecule has 0 unspecified atom stereocenters. The van der Waals surface area contributed by atoms with Gasteiger partial charge in [-0.15, -0.1) is 29.3 Å².